The molecule has 2 unspecified atom stereocenters. The molecule has 1 aliphatic heterocycles. The molecule has 0 amide bonds. The van der Waals surface area contributed by atoms with Crippen molar-refractivity contribution in [3.05, 3.63) is 0 Å². The zero-order valence-electron chi connectivity index (χ0n) is 11.2. The van der Waals surface area contributed by atoms with Crippen LogP contribution in [0, 0.1) is 5.41 Å². The molecule has 0 radical (unpaired) electrons. The standard InChI is InChI=1S/C13H28OSi/c1-6-9-15(5,8-3)12(7-2)13(4)10-14-11-13/h12H,6-11H2,1-5H3. The Kier molecular flexibility index (Phi) is 4.42. The van der Waals surface area contributed by atoms with E-state index in [1.807, 2.05) is 0 Å². The van der Waals surface area contributed by atoms with Gasteiger partial charge in [0.05, 0.1) is 21.3 Å². The van der Waals surface area contributed by atoms with E-state index in [0.29, 0.717) is 5.41 Å². The molecule has 0 N–H and O–H groups in total. The first-order chi connectivity index (χ1) is 7.02. The van der Waals surface area contributed by atoms with Crippen LogP contribution in [-0.2, 0) is 4.74 Å². The van der Waals surface area contributed by atoms with Crippen molar-refractivity contribution in [1.82, 2.24) is 0 Å². The monoisotopic (exact) mass is 228 g/mol. The maximum atomic E-state index is 5.46. The molecule has 15 heavy (non-hydrogen) atoms. The third-order valence-corrected chi connectivity index (χ3v) is 10.6. The van der Waals surface area contributed by atoms with Crippen molar-refractivity contribution >= 4 is 8.07 Å². The van der Waals surface area contributed by atoms with Gasteiger partial charge in [0.1, 0.15) is 0 Å². The predicted octanol–water partition coefficient (Wildman–Crippen LogP) is 4.31. The molecular weight excluding hydrogens is 200 g/mol. The SMILES string of the molecule is CCC[Si](C)(CC)C(CC)C1(C)COC1. The Morgan fingerprint density at radius 2 is 1.87 bits per heavy atom. The zero-order chi connectivity index (χ0) is 11.5. The molecule has 1 saturated heterocycles. The van der Waals surface area contributed by atoms with Crippen LogP contribution in [0.25, 0.3) is 0 Å². The van der Waals surface area contributed by atoms with Gasteiger partial charge in [0.15, 0.2) is 0 Å². The Balaban J connectivity index is 2.78. The molecule has 0 bridgehead atoms. The smallest absolute Gasteiger partial charge is 0.0542 e. The Bertz CT molecular complexity index is 201. The van der Waals surface area contributed by atoms with E-state index in [1.54, 1.807) is 0 Å². The highest BCUT2D eigenvalue weighted by Crippen LogP contribution is 2.49. The minimum atomic E-state index is -1.04. The van der Waals surface area contributed by atoms with Gasteiger partial charge in [0, 0.05) is 5.41 Å². The molecule has 2 atom stereocenters. The lowest BCUT2D eigenvalue weighted by Crippen LogP contribution is -2.52. The summed E-state index contributed by atoms with van der Waals surface area (Å²) in [5.41, 5.74) is 1.48. The summed E-state index contributed by atoms with van der Waals surface area (Å²) >= 11 is 0. The van der Waals surface area contributed by atoms with E-state index in [2.05, 4.69) is 34.2 Å². The van der Waals surface area contributed by atoms with Crippen LogP contribution in [0.4, 0.5) is 0 Å². The Morgan fingerprint density at radius 3 is 2.13 bits per heavy atom. The van der Waals surface area contributed by atoms with Crippen LogP contribution in [0.2, 0.25) is 24.2 Å². The van der Waals surface area contributed by atoms with E-state index in [0.717, 1.165) is 18.8 Å². The zero-order valence-corrected chi connectivity index (χ0v) is 12.2. The molecule has 0 saturated carbocycles. The van der Waals surface area contributed by atoms with E-state index in [4.69, 9.17) is 4.74 Å². The highest BCUT2D eigenvalue weighted by atomic mass is 28.3. The van der Waals surface area contributed by atoms with E-state index < -0.39 is 8.07 Å². The quantitative estimate of drug-likeness (QED) is 0.616. The molecule has 0 aromatic carbocycles. The summed E-state index contributed by atoms with van der Waals surface area (Å²) in [6, 6.07) is 2.94. The fourth-order valence-corrected chi connectivity index (χ4v) is 8.79. The lowest BCUT2D eigenvalue weighted by molar-refractivity contribution is -0.107. The Labute approximate surface area is 96.6 Å². The second kappa shape index (κ2) is 5.01. The van der Waals surface area contributed by atoms with Crippen LogP contribution in [0.3, 0.4) is 0 Å². The van der Waals surface area contributed by atoms with Gasteiger partial charge in [-0.2, -0.15) is 0 Å². The fraction of sp³-hybridized carbons (Fsp3) is 1.00. The molecule has 1 heterocycles. The lowest BCUT2D eigenvalue weighted by Gasteiger charge is -2.51. The van der Waals surface area contributed by atoms with Crippen molar-refractivity contribution < 1.29 is 4.74 Å². The van der Waals surface area contributed by atoms with Gasteiger partial charge in [0.2, 0.25) is 0 Å². The number of ether oxygens (including phenoxy) is 1. The van der Waals surface area contributed by atoms with Gasteiger partial charge >= 0.3 is 0 Å². The molecule has 0 aromatic heterocycles. The first-order valence-electron chi connectivity index (χ1n) is 6.60. The maximum Gasteiger partial charge on any atom is 0.0542 e. The van der Waals surface area contributed by atoms with Crippen molar-refractivity contribution in [3.63, 3.8) is 0 Å². The first kappa shape index (κ1) is 13.2. The van der Waals surface area contributed by atoms with Crippen LogP contribution in [0.1, 0.15) is 40.5 Å². The van der Waals surface area contributed by atoms with Crippen molar-refractivity contribution in [2.45, 2.75) is 64.7 Å². The normalized spacial score (nSPS) is 25.4. The highest BCUT2D eigenvalue weighted by Gasteiger charge is 2.48. The molecule has 1 fully saturated rings. The summed E-state index contributed by atoms with van der Waals surface area (Å²) in [7, 11) is -1.04. The number of rotatable bonds is 6. The average molecular weight is 228 g/mol. The largest absolute Gasteiger partial charge is 0.380 e. The maximum absolute atomic E-state index is 5.46. The van der Waals surface area contributed by atoms with Crippen molar-refractivity contribution in [2.75, 3.05) is 13.2 Å². The molecule has 1 aliphatic rings. The third kappa shape index (κ3) is 2.47. The molecule has 2 heteroatoms. The minimum Gasteiger partial charge on any atom is -0.380 e. The summed E-state index contributed by atoms with van der Waals surface area (Å²) in [6.45, 7) is 14.2. The second-order valence-electron chi connectivity index (χ2n) is 5.87. The number of hydrogen-bond donors (Lipinski definition) is 0. The van der Waals surface area contributed by atoms with E-state index >= 15 is 0 Å². The lowest BCUT2D eigenvalue weighted by atomic mass is 9.83. The summed E-state index contributed by atoms with van der Waals surface area (Å²) in [4.78, 5) is 0. The van der Waals surface area contributed by atoms with Crippen LogP contribution in [0.5, 0.6) is 0 Å². The highest BCUT2D eigenvalue weighted by molar-refractivity contribution is 6.80. The molecule has 90 valence electrons. The second-order valence-corrected chi connectivity index (χ2v) is 11.1. The van der Waals surface area contributed by atoms with Gasteiger partial charge in [-0.25, -0.2) is 0 Å². The van der Waals surface area contributed by atoms with Crippen molar-refractivity contribution in [2.24, 2.45) is 5.41 Å². The van der Waals surface area contributed by atoms with Crippen LogP contribution in [0.15, 0.2) is 0 Å². The molecule has 1 rings (SSSR count). The Hall–Kier alpha value is 0.177. The third-order valence-electron chi connectivity index (χ3n) is 4.58. The van der Waals surface area contributed by atoms with Crippen LogP contribution in [-0.4, -0.2) is 21.3 Å². The van der Waals surface area contributed by atoms with Gasteiger partial charge in [0.25, 0.3) is 0 Å². The molecule has 0 aromatic rings. The van der Waals surface area contributed by atoms with Crippen LogP contribution >= 0.6 is 0 Å². The predicted molar refractivity (Wildman–Crippen MR) is 70.2 cm³/mol. The summed E-state index contributed by atoms with van der Waals surface area (Å²) < 4.78 is 5.46. The van der Waals surface area contributed by atoms with Gasteiger partial charge in [-0.1, -0.05) is 59.2 Å². The van der Waals surface area contributed by atoms with E-state index in [1.165, 1.54) is 24.9 Å². The van der Waals surface area contributed by atoms with E-state index in [-0.39, 0.29) is 0 Å². The Morgan fingerprint density at radius 1 is 1.27 bits per heavy atom. The molecule has 0 spiro atoms. The fourth-order valence-electron chi connectivity index (χ4n) is 3.62. The molecule has 1 nitrogen and oxygen atoms in total. The van der Waals surface area contributed by atoms with Gasteiger partial charge in [-0.05, 0) is 5.54 Å². The molecular formula is C13H28OSi. The van der Waals surface area contributed by atoms with Crippen LogP contribution < -0.4 is 0 Å². The van der Waals surface area contributed by atoms with E-state index in [9.17, 15) is 0 Å². The molecule has 0 aliphatic carbocycles. The van der Waals surface area contributed by atoms with Gasteiger partial charge in [-0.3, -0.25) is 0 Å². The minimum absolute atomic E-state index is 0.515. The van der Waals surface area contributed by atoms with Gasteiger partial charge in [-0.15, -0.1) is 0 Å². The van der Waals surface area contributed by atoms with Crippen molar-refractivity contribution in [1.29, 1.82) is 0 Å². The summed E-state index contributed by atoms with van der Waals surface area (Å²) in [5, 5.41) is 0. The average Bonchev–Trinajstić information content (AvgIpc) is 2.16. The number of hydrogen-bond acceptors (Lipinski definition) is 1. The first-order valence-corrected chi connectivity index (χ1v) is 9.59. The summed E-state index contributed by atoms with van der Waals surface area (Å²) in [6.07, 6.45) is 2.72. The van der Waals surface area contributed by atoms with Gasteiger partial charge < -0.3 is 4.74 Å². The topological polar surface area (TPSA) is 9.23 Å². The summed E-state index contributed by atoms with van der Waals surface area (Å²) in [5.74, 6) is 0. The van der Waals surface area contributed by atoms with Crippen molar-refractivity contribution in [3.8, 4) is 0 Å².